The van der Waals surface area contributed by atoms with E-state index in [9.17, 15) is 13.2 Å². The van der Waals surface area contributed by atoms with Crippen LogP contribution in [0.5, 0.6) is 0 Å². The van der Waals surface area contributed by atoms with E-state index in [-0.39, 0.29) is 6.04 Å². The molecule has 154 valence electrons. The van der Waals surface area contributed by atoms with Crippen LogP contribution < -0.4 is 10.6 Å². The molecule has 0 bridgehead atoms. The Morgan fingerprint density at radius 1 is 1.32 bits per heavy atom. The van der Waals surface area contributed by atoms with Crippen molar-refractivity contribution in [2.75, 3.05) is 32.7 Å². The van der Waals surface area contributed by atoms with Crippen LogP contribution in [0.2, 0.25) is 0 Å². The van der Waals surface area contributed by atoms with Crippen molar-refractivity contribution in [3.8, 4) is 0 Å². The van der Waals surface area contributed by atoms with Crippen LogP contribution in [0.4, 0.5) is 13.2 Å². The maximum atomic E-state index is 12.5. The second kappa shape index (κ2) is 9.32. The van der Waals surface area contributed by atoms with Crippen LogP contribution in [-0.4, -0.2) is 60.8 Å². The molecule has 0 radical (unpaired) electrons. The first-order chi connectivity index (χ1) is 13.4. The highest BCUT2D eigenvalue weighted by atomic mass is 19.4. The van der Waals surface area contributed by atoms with Crippen LogP contribution in [0.15, 0.2) is 35.5 Å². The molecule has 1 fully saturated rings. The van der Waals surface area contributed by atoms with Gasteiger partial charge in [0, 0.05) is 49.3 Å². The zero-order valence-corrected chi connectivity index (χ0v) is 16.1. The van der Waals surface area contributed by atoms with Crippen molar-refractivity contribution >= 4 is 16.9 Å². The Morgan fingerprint density at radius 3 is 2.93 bits per heavy atom. The number of para-hydroxylation sites is 1. The van der Waals surface area contributed by atoms with E-state index < -0.39 is 12.7 Å². The average Bonchev–Trinajstić information content (AvgIpc) is 3.24. The lowest BCUT2D eigenvalue weighted by atomic mass is 10.1. The van der Waals surface area contributed by atoms with Crippen LogP contribution in [-0.2, 0) is 6.42 Å². The van der Waals surface area contributed by atoms with Crippen molar-refractivity contribution in [3.63, 3.8) is 0 Å². The monoisotopic (exact) mass is 395 g/mol. The summed E-state index contributed by atoms with van der Waals surface area (Å²) in [5, 5.41) is 7.71. The van der Waals surface area contributed by atoms with Gasteiger partial charge in [-0.3, -0.25) is 9.89 Å². The largest absolute Gasteiger partial charge is 0.401 e. The second-order valence-electron chi connectivity index (χ2n) is 7.20. The van der Waals surface area contributed by atoms with E-state index in [0.29, 0.717) is 38.6 Å². The molecule has 3 N–H and O–H groups in total. The van der Waals surface area contributed by atoms with Crippen LogP contribution in [0.25, 0.3) is 10.9 Å². The molecule has 1 saturated heterocycles. The van der Waals surface area contributed by atoms with Crippen molar-refractivity contribution in [1.29, 1.82) is 0 Å². The fraction of sp³-hybridized carbons (Fsp3) is 0.550. The number of guanidine groups is 1. The number of aromatic nitrogens is 1. The maximum Gasteiger partial charge on any atom is 0.401 e. The number of H-pyrrole nitrogens is 1. The smallest absolute Gasteiger partial charge is 0.361 e. The van der Waals surface area contributed by atoms with Gasteiger partial charge in [0.2, 0.25) is 0 Å². The van der Waals surface area contributed by atoms with E-state index >= 15 is 0 Å². The zero-order chi connectivity index (χ0) is 20.0. The predicted molar refractivity (Wildman–Crippen MR) is 107 cm³/mol. The molecule has 1 aromatic heterocycles. The van der Waals surface area contributed by atoms with Gasteiger partial charge in [0.25, 0.3) is 0 Å². The average molecular weight is 395 g/mol. The molecule has 3 rings (SSSR count). The van der Waals surface area contributed by atoms with E-state index in [1.807, 2.05) is 25.3 Å². The summed E-state index contributed by atoms with van der Waals surface area (Å²) in [5.41, 5.74) is 2.42. The second-order valence-corrected chi connectivity index (χ2v) is 7.20. The summed E-state index contributed by atoms with van der Waals surface area (Å²) >= 11 is 0. The number of rotatable bonds is 7. The molecule has 8 heteroatoms. The van der Waals surface area contributed by atoms with Gasteiger partial charge in [-0.25, -0.2) is 0 Å². The van der Waals surface area contributed by atoms with Gasteiger partial charge in [-0.05, 0) is 37.8 Å². The Hall–Kier alpha value is -2.22. The minimum Gasteiger partial charge on any atom is -0.361 e. The Kier molecular flexibility index (Phi) is 6.83. The number of nitrogens with zero attached hydrogens (tertiary/aromatic N) is 2. The first kappa shape index (κ1) is 20.5. The van der Waals surface area contributed by atoms with E-state index in [1.54, 1.807) is 0 Å². The minimum atomic E-state index is -4.14. The van der Waals surface area contributed by atoms with Gasteiger partial charge in [-0.2, -0.15) is 13.2 Å². The Morgan fingerprint density at radius 2 is 2.14 bits per heavy atom. The molecule has 5 nitrogen and oxygen atoms in total. The first-order valence-corrected chi connectivity index (χ1v) is 9.83. The molecule has 0 saturated carbocycles. The van der Waals surface area contributed by atoms with Gasteiger partial charge in [0.15, 0.2) is 5.96 Å². The molecule has 0 spiro atoms. The van der Waals surface area contributed by atoms with E-state index in [4.69, 9.17) is 0 Å². The van der Waals surface area contributed by atoms with E-state index in [2.05, 4.69) is 32.7 Å². The Balaban J connectivity index is 1.48. The minimum absolute atomic E-state index is 0.00577. The van der Waals surface area contributed by atoms with Crippen molar-refractivity contribution in [3.05, 3.63) is 36.0 Å². The van der Waals surface area contributed by atoms with E-state index in [0.717, 1.165) is 18.4 Å². The number of aryl methyl sites for hydroxylation is 1. The summed E-state index contributed by atoms with van der Waals surface area (Å²) < 4.78 is 37.6. The van der Waals surface area contributed by atoms with Crippen LogP contribution >= 0.6 is 0 Å². The van der Waals surface area contributed by atoms with E-state index in [1.165, 1.54) is 15.8 Å². The Labute approximate surface area is 163 Å². The molecular formula is C20H28F3N5. The highest BCUT2D eigenvalue weighted by Gasteiger charge is 2.34. The van der Waals surface area contributed by atoms with Crippen LogP contribution in [0.3, 0.4) is 0 Å². The number of fused-ring (bicyclic) bond motifs is 1. The molecule has 0 amide bonds. The molecule has 1 unspecified atom stereocenters. The summed E-state index contributed by atoms with van der Waals surface area (Å²) in [4.78, 5) is 9.32. The van der Waals surface area contributed by atoms with Gasteiger partial charge in [-0.15, -0.1) is 0 Å². The number of hydrogen-bond donors (Lipinski definition) is 3. The number of alkyl halides is 3. The molecule has 0 aliphatic carbocycles. The van der Waals surface area contributed by atoms with Crippen LogP contribution in [0, 0.1) is 0 Å². The fourth-order valence-corrected chi connectivity index (χ4v) is 3.66. The maximum absolute atomic E-state index is 12.5. The first-order valence-electron chi connectivity index (χ1n) is 9.83. The van der Waals surface area contributed by atoms with Crippen molar-refractivity contribution in [1.82, 2.24) is 20.5 Å². The lowest BCUT2D eigenvalue weighted by Gasteiger charge is -2.19. The molecule has 1 aliphatic heterocycles. The number of hydrogen-bond acceptors (Lipinski definition) is 2. The highest BCUT2D eigenvalue weighted by molar-refractivity contribution is 5.83. The molecule has 1 atom stereocenters. The fourth-order valence-electron chi connectivity index (χ4n) is 3.66. The molecule has 2 heterocycles. The normalized spacial score (nSPS) is 18.7. The zero-order valence-electron chi connectivity index (χ0n) is 16.1. The molecule has 1 aromatic carbocycles. The lowest BCUT2D eigenvalue weighted by molar-refractivity contribution is -0.143. The third-order valence-electron chi connectivity index (χ3n) is 4.91. The summed E-state index contributed by atoms with van der Waals surface area (Å²) in [6.07, 6.45) is 0.427. The molecule has 1 aliphatic rings. The number of likely N-dealkylation sites (tertiary alicyclic amines) is 1. The van der Waals surface area contributed by atoms with Gasteiger partial charge in [0.05, 0.1) is 6.54 Å². The van der Waals surface area contributed by atoms with Crippen molar-refractivity contribution in [2.45, 2.75) is 38.4 Å². The predicted octanol–water partition coefficient (Wildman–Crippen LogP) is 3.29. The van der Waals surface area contributed by atoms with Gasteiger partial charge in [0.1, 0.15) is 0 Å². The number of halogens is 3. The summed E-state index contributed by atoms with van der Waals surface area (Å²) in [5.74, 6) is 0.681. The highest BCUT2D eigenvalue weighted by Crippen LogP contribution is 2.20. The quantitative estimate of drug-likeness (QED) is 0.383. The standard InChI is InChI=1S/C20H28F3N5/c1-2-24-19(27-16-9-11-28(13-16)14-20(21,22)23)25-10-5-6-15-12-26-18-8-4-3-7-17(15)18/h3-4,7-8,12,16,26H,2,5-6,9-11,13-14H2,1H3,(H2,24,25,27). The van der Waals surface area contributed by atoms with Crippen molar-refractivity contribution < 1.29 is 13.2 Å². The third-order valence-corrected chi connectivity index (χ3v) is 4.91. The number of benzene rings is 1. The molecule has 2 aromatic rings. The number of aliphatic imine (C=N–C) groups is 1. The summed E-state index contributed by atoms with van der Waals surface area (Å²) in [7, 11) is 0. The van der Waals surface area contributed by atoms with Gasteiger partial charge < -0.3 is 15.6 Å². The molecular weight excluding hydrogens is 367 g/mol. The molecule has 28 heavy (non-hydrogen) atoms. The van der Waals surface area contributed by atoms with Crippen LogP contribution in [0.1, 0.15) is 25.3 Å². The lowest BCUT2D eigenvalue weighted by Crippen LogP contribution is -2.45. The van der Waals surface area contributed by atoms with Crippen molar-refractivity contribution in [2.24, 2.45) is 4.99 Å². The summed E-state index contributed by atoms with van der Waals surface area (Å²) in [6.45, 7) is 3.36. The van der Waals surface area contributed by atoms with Gasteiger partial charge >= 0.3 is 6.18 Å². The van der Waals surface area contributed by atoms with Gasteiger partial charge in [-0.1, -0.05) is 18.2 Å². The Bertz CT molecular complexity index is 783. The summed E-state index contributed by atoms with van der Waals surface area (Å²) in [6, 6.07) is 8.22. The topological polar surface area (TPSA) is 55.5 Å². The number of nitrogens with one attached hydrogen (secondary N) is 3. The third kappa shape index (κ3) is 5.89. The SMILES string of the molecule is CCNC(=NCCCc1c[nH]c2ccccc12)NC1CCN(CC(F)(F)F)C1. The number of aromatic amines is 1.